The fourth-order valence-corrected chi connectivity index (χ4v) is 50.6. The number of fused-ring (bicyclic) bond motifs is 2. The van der Waals surface area contributed by atoms with Crippen molar-refractivity contribution >= 4 is 17.1 Å². The summed E-state index contributed by atoms with van der Waals surface area (Å²) < 4.78 is 7.40. The van der Waals surface area contributed by atoms with Gasteiger partial charge in [0.05, 0.1) is 0 Å². The molecule has 207 valence electrons. The van der Waals surface area contributed by atoms with Crippen molar-refractivity contribution in [3.05, 3.63) is 81.9 Å². The minimum absolute atomic E-state index is 0.720. The predicted molar refractivity (Wildman–Crippen MR) is 172 cm³/mol. The number of hydrogen-bond donors (Lipinski definition) is 0. The Bertz CT molecular complexity index is 1110. The number of benzene rings is 2. The molecule has 2 atom stereocenters. The summed E-state index contributed by atoms with van der Waals surface area (Å²) in [6, 6.07) is 19.5. The summed E-state index contributed by atoms with van der Waals surface area (Å²) in [5.41, 5.74) is 14.0. The van der Waals surface area contributed by atoms with E-state index in [1.165, 1.54) is 64.2 Å². The van der Waals surface area contributed by atoms with Crippen molar-refractivity contribution < 1.29 is 17.7 Å². The van der Waals surface area contributed by atoms with Crippen LogP contribution in [0, 0.1) is 0 Å². The van der Waals surface area contributed by atoms with E-state index in [0.29, 0.717) is 0 Å². The van der Waals surface area contributed by atoms with Crippen LogP contribution in [0.5, 0.6) is 0 Å². The molecule has 0 aromatic heterocycles. The fourth-order valence-electron chi connectivity index (χ4n) is 8.46. The zero-order valence-electron chi connectivity index (χ0n) is 25.9. The Morgan fingerprint density at radius 1 is 0.579 bits per heavy atom. The molecule has 2 aliphatic rings. The molecule has 0 fully saturated rings. The predicted octanol–water partition coefficient (Wildman–Crippen LogP) is 11.8. The first-order valence-electron chi connectivity index (χ1n) is 16.1. The van der Waals surface area contributed by atoms with Gasteiger partial charge in [-0.25, -0.2) is 0 Å². The SMILES string of the molecule is CCCCC1=C(CCC)[CH]([Hf]([CH3])([CH3])([CH]2C(CCC)=C(CCCC)c3ccccc32)[SiH](C)C)c2ccccc21. The van der Waals surface area contributed by atoms with Crippen molar-refractivity contribution in [2.75, 3.05) is 0 Å². The molecular weight excluding hydrogens is 639 g/mol. The van der Waals surface area contributed by atoms with Crippen LogP contribution in [-0.4, -0.2) is 5.98 Å². The summed E-state index contributed by atoms with van der Waals surface area (Å²) in [7, 11) is 0. The van der Waals surface area contributed by atoms with Crippen LogP contribution in [0.3, 0.4) is 0 Å². The first-order valence-corrected chi connectivity index (χ1v) is 36.5. The first kappa shape index (κ1) is 30.0. The van der Waals surface area contributed by atoms with Crippen LogP contribution in [0.1, 0.15) is 122 Å². The van der Waals surface area contributed by atoms with Crippen LogP contribution in [0.4, 0.5) is 0 Å². The number of hydrogen-bond acceptors (Lipinski definition) is 0. The summed E-state index contributed by atoms with van der Waals surface area (Å²) in [6.07, 6.45) is 12.8. The van der Waals surface area contributed by atoms with Gasteiger partial charge >= 0.3 is 238 Å². The van der Waals surface area contributed by atoms with Gasteiger partial charge in [0.25, 0.3) is 0 Å². The third kappa shape index (κ3) is 4.89. The van der Waals surface area contributed by atoms with Crippen LogP contribution in [-0.2, 0) is 17.7 Å². The van der Waals surface area contributed by atoms with Crippen molar-refractivity contribution in [1.82, 2.24) is 0 Å². The second kappa shape index (κ2) is 12.3. The van der Waals surface area contributed by atoms with Crippen LogP contribution >= 0.6 is 0 Å². The molecule has 2 unspecified atom stereocenters. The number of allylic oxidation sites excluding steroid dienone is 4. The van der Waals surface area contributed by atoms with E-state index in [4.69, 9.17) is 0 Å². The van der Waals surface area contributed by atoms with Gasteiger partial charge < -0.3 is 0 Å². The van der Waals surface area contributed by atoms with Crippen molar-refractivity contribution in [1.29, 1.82) is 0 Å². The van der Waals surface area contributed by atoms with Crippen LogP contribution in [0.2, 0.25) is 22.5 Å². The first-order chi connectivity index (χ1) is 18.3. The third-order valence-corrected chi connectivity index (χ3v) is 77.1. The molecule has 2 aromatic rings. The van der Waals surface area contributed by atoms with Crippen LogP contribution < -0.4 is 0 Å². The maximum absolute atomic E-state index is 3.74. The molecule has 2 heteroatoms. The van der Waals surface area contributed by atoms with Gasteiger partial charge in [0, 0.05) is 0 Å². The number of rotatable bonds is 13. The second-order valence-electron chi connectivity index (χ2n) is 13.6. The Kier molecular flexibility index (Phi) is 9.67. The second-order valence-corrected chi connectivity index (χ2v) is 67.1. The molecule has 4 rings (SSSR count). The molecule has 0 aliphatic heterocycles. The van der Waals surface area contributed by atoms with Gasteiger partial charge in [-0.3, -0.25) is 0 Å². The topological polar surface area (TPSA) is 0 Å². The van der Waals surface area contributed by atoms with E-state index in [0.717, 1.165) is 7.35 Å². The average molecular weight is 694 g/mol. The molecule has 0 saturated heterocycles. The normalized spacial score (nSPS) is 20.2. The van der Waals surface area contributed by atoms with E-state index in [2.05, 4.69) is 98.7 Å². The molecule has 2 aromatic carbocycles. The Morgan fingerprint density at radius 2 is 0.974 bits per heavy atom. The Morgan fingerprint density at radius 3 is 1.32 bits per heavy atom. The molecule has 0 amide bonds. The molecule has 0 bridgehead atoms. The van der Waals surface area contributed by atoms with Crippen molar-refractivity contribution in [2.24, 2.45) is 0 Å². The molecule has 38 heavy (non-hydrogen) atoms. The number of unbranched alkanes of at least 4 members (excludes halogenated alkanes) is 2. The average Bonchev–Trinajstić information content (AvgIpc) is 3.39. The van der Waals surface area contributed by atoms with E-state index in [9.17, 15) is 0 Å². The molecule has 0 nitrogen and oxygen atoms in total. The van der Waals surface area contributed by atoms with Gasteiger partial charge in [0.15, 0.2) is 0 Å². The molecule has 0 N–H and O–H groups in total. The Balaban J connectivity index is 2.05. The fraction of sp³-hybridized carbons (Fsp3) is 0.556. The quantitative estimate of drug-likeness (QED) is 0.183. The summed E-state index contributed by atoms with van der Waals surface area (Å²) in [5, 5.41) is 0. The Labute approximate surface area is 237 Å². The van der Waals surface area contributed by atoms with E-state index < -0.39 is 23.7 Å². The third-order valence-electron chi connectivity index (χ3n) is 10.9. The van der Waals surface area contributed by atoms with Crippen molar-refractivity contribution in [2.45, 2.75) is 122 Å². The zero-order valence-corrected chi connectivity index (χ0v) is 30.7. The molecule has 0 spiro atoms. The minimum atomic E-state index is -3.74. The molecule has 2 aliphatic carbocycles. The molecule has 0 radical (unpaired) electrons. The van der Waals surface area contributed by atoms with Gasteiger partial charge in [-0.1, -0.05) is 0 Å². The zero-order chi connectivity index (χ0) is 27.5. The van der Waals surface area contributed by atoms with Crippen molar-refractivity contribution in [3.8, 4) is 0 Å². The van der Waals surface area contributed by atoms with E-state index in [1.54, 1.807) is 33.4 Å². The van der Waals surface area contributed by atoms with E-state index >= 15 is 0 Å². The van der Waals surface area contributed by atoms with Gasteiger partial charge in [0.2, 0.25) is 0 Å². The summed E-state index contributed by atoms with van der Waals surface area (Å²) in [5.74, 6) is -1.02. The summed E-state index contributed by atoms with van der Waals surface area (Å²) in [6.45, 7) is 15.1. The van der Waals surface area contributed by atoms with Gasteiger partial charge in [-0.2, -0.15) is 0 Å². The van der Waals surface area contributed by atoms with E-state index in [1.807, 2.05) is 11.1 Å². The van der Waals surface area contributed by atoms with E-state index in [-0.39, 0.29) is 0 Å². The monoisotopic (exact) mass is 695 g/mol. The van der Waals surface area contributed by atoms with Gasteiger partial charge in [-0.15, -0.1) is 0 Å². The standard InChI is InChI=1S/2C16H21.C2H7Si.2CH3.Hf/c2*1-3-5-10-15-13(8-4-2)12-14-9-6-7-11-16(14)15;1-3-2;;;/h2*6-7,9,11-12H,3-5,8,10H2,1-2H3;3H,1-2H3;2*1H3;. The molecular formula is C36H55HfSi. The van der Waals surface area contributed by atoms with Crippen molar-refractivity contribution in [3.63, 3.8) is 0 Å². The summed E-state index contributed by atoms with van der Waals surface area (Å²) in [4.78, 5) is 0. The van der Waals surface area contributed by atoms with Crippen LogP contribution in [0.15, 0.2) is 59.7 Å². The molecule has 0 saturated carbocycles. The Hall–Kier alpha value is -0.993. The van der Waals surface area contributed by atoms with Crippen LogP contribution in [0.25, 0.3) is 11.1 Å². The summed E-state index contributed by atoms with van der Waals surface area (Å²) >= 11 is -3.74. The maximum atomic E-state index is 2.98. The van der Waals surface area contributed by atoms with Gasteiger partial charge in [0.1, 0.15) is 0 Å². The molecule has 0 heterocycles. The van der Waals surface area contributed by atoms with Gasteiger partial charge in [-0.05, 0) is 0 Å².